The summed E-state index contributed by atoms with van der Waals surface area (Å²) in [5, 5.41) is 0. The molecule has 0 aliphatic heterocycles. The largest absolute Gasteiger partial charge is 0.0955 e. The summed E-state index contributed by atoms with van der Waals surface area (Å²) in [7, 11) is 0. The normalized spacial score (nSPS) is 12.4. The Hall–Kier alpha value is -2.34. The molecule has 2 aromatic carbocycles. The maximum Gasteiger partial charge on any atom is -0.0130 e. The molecule has 2 aromatic rings. The molecule has 1 aliphatic rings. The van der Waals surface area contributed by atoms with Crippen LogP contribution in [0.2, 0.25) is 0 Å². The van der Waals surface area contributed by atoms with Crippen LogP contribution in [0.15, 0.2) is 84.0 Å². The van der Waals surface area contributed by atoms with Crippen molar-refractivity contribution >= 4 is 5.57 Å². The molecule has 0 N–H and O–H groups in total. The monoisotopic (exact) mass is 444 g/mol. The molecule has 0 unspecified atom stereocenters. The first-order valence-corrected chi connectivity index (χ1v) is 13.1. The third kappa shape index (κ3) is 11.4. The second-order valence-corrected chi connectivity index (χ2v) is 9.07. The molecule has 0 saturated heterocycles. The Balaban J connectivity index is 0.000000252. The van der Waals surface area contributed by atoms with Crippen molar-refractivity contribution in [3.8, 4) is 0 Å². The van der Waals surface area contributed by atoms with Crippen molar-refractivity contribution in [1.29, 1.82) is 0 Å². The fourth-order valence-corrected chi connectivity index (χ4v) is 4.10. The second-order valence-electron chi connectivity index (χ2n) is 9.07. The number of unbranched alkanes of at least 4 members (excludes halogenated alkanes) is 2. The molecule has 0 spiro atoms. The minimum atomic E-state index is 1.12. The summed E-state index contributed by atoms with van der Waals surface area (Å²) < 4.78 is 0. The minimum Gasteiger partial charge on any atom is -0.0955 e. The second kappa shape index (κ2) is 17.2. The summed E-state index contributed by atoms with van der Waals surface area (Å²) in [6.45, 7) is 17.1. The molecule has 0 fully saturated rings. The van der Waals surface area contributed by atoms with Gasteiger partial charge in [-0.25, -0.2) is 0 Å². The number of hydrogen-bond donors (Lipinski definition) is 0. The van der Waals surface area contributed by atoms with Crippen molar-refractivity contribution in [2.24, 2.45) is 0 Å². The van der Waals surface area contributed by atoms with Gasteiger partial charge in [0.05, 0.1) is 0 Å². The molecule has 0 bridgehead atoms. The van der Waals surface area contributed by atoms with Gasteiger partial charge in [-0.1, -0.05) is 125 Å². The Morgan fingerprint density at radius 1 is 0.758 bits per heavy atom. The van der Waals surface area contributed by atoms with E-state index in [0.29, 0.717) is 0 Å². The van der Waals surface area contributed by atoms with Gasteiger partial charge in [0.1, 0.15) is 0 Å². The first kappa shape index (κ1) is 28.7. The molecule has 1 aliphatic carbocycles. The van der Waals surface area contributed by atoms with Gasteiger partial charge < -0.3 is 0 Å². The summed E-state index contributed by atoms with van der Waals surface area (Å²) in [6.07, 6.45) is 13.9. The molecule has 0 heterocycles. The molecule has 3 rings (SSSR count). The van der Waals surface area contributed by atoms with Gasteiger partial charge in [-0.2, -0.15) is 0 Å². The zero-order chi connectivity index (χ0) is 24.5. The maximum atomic E-state index is 3.83. The van der Waals surface area contributed by atoms with E-state index in [9.17, 15) is 0 Å². The smallest absolute Gasteiger partial charge is 0.0130 e. The van der Waals surface area contributed by atoms with E-state index >= 15 is 0 Å². The highest BCUT2D eigenvalue weighted by Gasteiger charge is 2.11. The zero-order valence-electron chi connectivity index (χ0n) is 22.3. The van der Waals surface area contributed by atoms with E-state index in [4.69, 9.17) is 0 Å². The standard InChI is InChI=1S/C13H22.C11H16.C9H10/c1-4-6-7-8-12-10-9-11(3)13(12)5-2;1-3-5-11-8-6-10(4-2)7-9-11;1-8(2)9-6-4-3-5-7-9/h10H,4-9H2,1-3H3;6-9H,3-5H2,1-2H3;3-7H,1H2,2H3. The van der Waals surface area contributed by atoms with Crippen molar-refractivity contribution < 1.29 is 0 Å². The predicted octanol–water partition coefficient (Wildman–Crippen LogP) is 10.5. The summed E-state index contributed by atoms with van der Waals surface area (Å²) in [5.41, 5.74) is 10.1. The minimum absolute atomic E-state index is 1.12. The lowest BCUT2D eigenvalue weighted by atomic mass is 9.99. The Morgan fingerprint density at radius 2 is 1.39 bits per heavy atom. The van der Waals surface area contributed by atoms with Crippen LogP contribution in [0.25, 0.3) is 5.57 Å². The molecule has 0 atom stereocenters. The van der Waals surface area contributed by atoms with Crippen LogP contribution in [0, 0.1) is 0 Å². The van der Waals surface area contributed by atoms with Crippen molar-refractivity contribution in [2.75, 3.05) is 0 Å². The van der Waals surface area contributed by atoms with Gasteiger partial charge in [-0.05, 0) is 80.2 Å². The molecule has 0 nitrogen and oxygen atoms in total. The molecule has 0 radical (unpaired) electrons. The van der Waals surface area contributed by atoms with E-state index in [2.05, 4.69) is 83.7 Å². The first-order valence-electron chi connectivity index (χ1n) is 13.1. The van der Waals surface area contributed by atoms with Crippen LogP contribution >= 0.6 is 0 Å². The van der Waals surface area contributed by atoms with Crippen LogP contribution in [0.4, 0.5) is 0 Å². The third-order valence-corrected chi connectivity index (χ3v) is 6.20. The summed E-state index contributed by atoms with van der Waals surface area (Å²) >= 11 is 0. The highest BCUT2D eigenvalue weighted by molar-refractivity contribution is 5.60. The lowest BCUT2D eigenvalue weighted by Gasteiger charge is -2.07. The highest BCUT2D eigenvalue weighted by atomic mass is 14.2. The SMILES string of the molecule is C=C(C)c1ccccc1.CCCCCC1=CCC(C)=C1CC.CCCc1ccc(CC)cc1. The summed E-state index contributed by atoms with van der Waals surface area (Å²) in [6, 6.07) is 19.1. The van der Waals surface area contributed by atoms with Gasteiger partial charge >= 0.3 is 0 Å². The van der Waals surface area contributed by atoms with Crippen molar-refractivity contribution in [3.63, 3.8) is 0 Å². The maximum absolute atomic E-state index is 3.83. The fraction of sp³-hybridized carbons (Fsp3) is 0.455. The summed E-state index contributed by atoms with van der Waals surface area (Å²) in [4.78, 5) is 0. The predicted molar refractivity (Wildman–Crippen MR) is 151 cm³/mol. The van der Waals surface area contributed by atoms with Gasteiger partial charge in [0.2, 0.25) is 0 Å². The molecular formula is C33H48. The highest BCUT2D eigenvalue weighted by Crippen LogP contribution is 2.31. The Bertz CT molecular complexity index is 847. The molecule has 33 heavy (non-hydrogen) atoms. The molecule has 0 heteroatoms. The lowest BCUT2D eigenvalue weighted by molar-refractivity contribution is 0.714. The van der Waals surface area contributed by atoms with Gasteiger partial charge in [0, 0.05) is 0 Å². The van der Waals surface area contributed by atoms with E-state index in [1.807, 2.05) is 25.1 Å². The number of benzene rings is 2. The van der Waals surface area contributed by atoms with E-state index in [0.717, 1.165) is 12.0 Å². The Kier molecular flexibility index (Phi) is 14.9. The van der Waals surface area contributed by atoms with Crippen molar-refractivity contribution in [3.05, 3.63) is 101 Å². The van der Waals surface area contributed by atoms with Crippen LogP contribution in [-0.2, 0) is 12.8 Å². The van der Waals surface area contributed by atoms with Gasteiger partial charge in [0.25, 0.3) is 0 Å². The van der Waals surface area contributed by atoms with E-state index in [1.165, 1.54) is 68.1 Å². The molecule has 0 aromatic heterocycles. The van der Waals surface area contributed by atoms with Crippen molar-refractivity contribution in [1.82, 2.24) is 0 Å². The van der Waals surface area contributed by atoms with Crippen LogP contribution in [0.5, 0.6) is 0 Å². The number of rotatable bonds is 9. The van der Waals surface area contributed by atoms with Crippen molar-refractivity contribution in [2.45, 2.75) is 99.3 Å². The number of hydrogen-bond acceptors (Lipinski definition) is 0. The lowest BCUT2D eigenvalue weighted by Crippen LogP contribution is -1.87. The Labute approximate surface area is 205 Å². The average Bonchev–Trinajstić information content (AvgIpc) is 3.20. The van der Waals surface area contributed by atoms with Gasteiger partial charge in [-0.3, -0.25) is 0 Å². The topological polar surface area (TPSA) is 0 Å². The van der Waals surface area contributed by atoms with Crippen LogP contribution in [0.3, 0.4) is 0 Å². The number of aryl methyl sites for hydroxylation is 2. The van der Waals surface area contributed by atoms with Crippen LogP contribution in [-0.4, -0.2) is 0 Å². The van der Waals surface area contributed by atoms with Gasteiger partial charge in [0.15, 0.2) is 0 Å². The molecule has 0 saturated carbocycles. The van der Waals surface area contributed by atoms with E-state index < -0.39 is 0 Å². The average molecular weight is 445 g/mol. The first-order chi connectivity index (χ1) is 16.0. The molecular weight excluding hydrogens is 396 g/mol. The van der Waals surface area contributed by atoms with Gasteiger partial charge in [-0.15, -0.1) is 0 Å². The third-order valence-electron chi connectivity index (χ3n) is 6.20. The van der Waals surface area contributed by atoms with E-state index in [1.54, 1.807) is 16.7 Å². The summed E-state index contributed by atoms with van der Waals surface area (Å²) in [5.74, 6) is 0. The Morgan fingerprint density at radius 3 is 1.88 bits per heavy atom. The fourth-order valence-electron chi connectivity index (χ4n) is 4.10. The van der Waals surface area contributed by atoms with Crippen LogP contribution in [0.1, 0.15) is 103 Å². The zero-order valence-corrected chi connectivity index (χ0v) is 22.3. The molecule has 0 amide bonds. The van der Waals surface area contributed by atoms with E-state index in [-0.39, 0.29) is 0 Å². The quantitative estimate of drug-likeness (QED) is 0.337. The molecule has 180 valence electrons. The van der Waals surface area contributed by atoms with Crippen LogP contribution < -0.4 is 0 Å². The number of allylic oxidation sites excluding steroid dienone is 5.